The maximum absolute atomic E-state index is 14.1. The first kappa shape index (κ1) is 35.1. The zero-order chi connectivity index (χ0) is 32.3. The van der Waals surface area contributed by atoms with Crippen LogP contribution in [0.1, 0.15) is 44.2 Å². The Balaban J connectivity index is 1.75. The van der Waals surface area contributed by atoms with E-state index in [4.69, 9.17) is 11.6 Å². The van der Waals surface area contributed by atoms with E-state index < -0.39 is 21.8 Å². The summed E-state index contributed by atoms with van der Waals surface area (Å²) in [7, 11) is -4.12. The van der Waals surface area contributed by atoms with Gasteiger partial charge in [-0.25, -0.2) is 17.5 Å². The van der Waals surface area contributed by atoms with E-state index in [1.165, 1.54) is 12.1 Å². The van der Waals surface area contributed by atoms with Crippen LogP contribution in [0.3, 0.4) is 0 Å². The maximum atomic E-state index is 14.1. The smallest absolute Gasteiger partial charge is 0.264 e. The Hall–Kier alpha value is -3.41. The molecule has 0 fully saturated rings. The summed E-state index contributed by atoms with van der Waals surface area (Å²) >= 11 is 10.9. The van der Waals surface area contributed by atoms with Crippen LogP contribution >= 0.6 is 24.2 Å². The fourth-order valence-electron chi connectivity index (χ4n) is 4.67. The minimum atomic E-state index is -4.12. The summed E-state index contributed by atoms with van der Waals surface area (Å²) in [6, 6.07) is 17.6. The van der Waals surface area contributed by atoms with E-state index >= 15 is 0 Å². The third-order valence-corrected chi connectivity index (χ3v) is 9.19. The number of amides is 3. The molecule has 8 nitrogen and oxygen atoms in total. The molecule has 0 aromatic heterocycles. The number of benzene rings is 3. The minimum Gasteiger partial charge on any atom is -0.354 e. The molecule has 0 bridgehead atoms. The Labute approximate surface area is 268 Å². The van der Waals surface area contributed by atoms with Crippen molar-refractivity contribution in [2.24, 2.45) is 5.92 Å². The third kappa shape index (κ3) is 9.80. The average molecular weight is 662 g/mol. The molecule has 236 valence electrons. The summed E-state index contributed by atoms with van der Waals surface area (Å²) in [6.45, 7) is 3.76. The molecule has 2 N–H and O–H groups in total. The van der Waals surface area contributed by atoms with Crippen molar-refractivity contribution >= 4 is 52.0 Å². The molecule has 44 heavy (non-hydrogen) atoms. The van der Waals surface area contributed by atoms with Gasteiger partial charge in [-0.1, -0.05) is 73.5 Å². The summed E-state index contributed by atoms with van der Waals surface area (Å²) in [5.74, 6) is -1.74. The lowest BCUT2D eigenvalue weighted by atomic mass is 9.99. The number of unbranched alkanes of at least 4 members (excludes halogenated alkanes) is 1. The Kier molecular flexibility index (Phi) is 13.2. The summed E-state index contributed by atoms with van der Waals surface area (Å²) in [5.41, 5.74) is 1.92. The molecule has 1 atom stereocenters. The van der Waals surface area contributed by atoms with Crippen molar-refractivity contribution in [1.29, 1.82) is 0 Å². The number of nitrogens with zero attached hydrogens (tertiary/aromatic N) is 1. The standard InChI is InChI=1S/C32H37ClFN3O5S2/c1-3-4-13-31(39)37(17-16-35-32(40)25(21-43)19-24-9-5-7-11-29(24)34)20-23-14-15-26(28(33)18-23)27-10-6-8-12-30(27)44(41,42)36-22(2)38/h5-12,14-15,18,25,43H,3-4,13,16-17,19-21H2,1-2H3,(H,35,40)(H,36,38)/t25-/m1/s1. The Morgan fingerprint density at radius 1 is 1.02 bits per heavy atom. The van der Waals surface area contributed by atoms with Crippen molar-refractivity contribution in [1.82, 2.24) is 14.9 Å². The first-order valence-corrected chi connectivity index (χ1v) is 16.8. The van der Waals surface area contributed by atoms with Gasteiger partial charge < -0.3 is 10.2 Å². The molecule has 0 saturated heterocycles. The molecule has 0 radical (unpaired) electrons. The van der Waals surface area contributed by atoms with Gasteiger partial charge in [-0.2, -0.15) is 12.6 Å². The predicted octanol–water partition coefficient (Wildman–Crippen LogP) is 5.39. The fraction of sp³-hybridized carbons (Fsp3) is 0.344. The zero-order valence-corrected chi connectivity index (χ0v) is 27.2. The highest BCUT2D eigenvalue weighted by molar-refractivity contribution is 7.90. The highest BCUT2D eigenvalue weighted by Crippen LogP contribution is 2.33. The van der Waals surface area contributed by atoms with Crippen LogP contribution in [0.15, 0.2) is 71.6 Å². The normalized spacial score (nSPS) is 11.9. The number of carbonyl (C=O) groups is 3. The van der Waals surface area contributed by atoms with E-state index in [1.807, 2.05) is 11.6 Å². The predicted molar refractivity (Wildman–Crippen MR) is 173 cm³/mol. The van der Waals surface area contributed by atoms with E-state index in [9.17, 15) is 27.2 Å². The number of hydrogen-bond acceptors (Lipinski definition) is 6. The fourth-order valence-corrected chi connectivity index (χ4v) is 6.48. The minimum absolute atomic E-state index is 0.0786. The second kappa shape index (κ2) is 16.6. The van der Waals surface area contributed by atoms with Crippen molar-refractivity contribution in [3.63, 3.8) is 0 Å². The van der Waals surface area contributed by atoms with Crippen molar-refractivity contribution in [2.75, 3.05) is 18.8 Å². The van der Waals surface area contributed by atoms with Gasteiger partial charge in [0.15, 0.2) is 0 Å². The molecule has 0 aliphatic heterocycles. The molecule has 0 saturated carbocycles. The number of thiol groups is 1. The molecule has 0 aliphatic rings. The van der Waals surface area contributed by atoms with Crippen LogP contribution in [0.4, 0.5) is 4.39 Å². The topological polar surface area (TPSA) is 113 Å². The van der Waals surface area contributed by atoms with Crippen molar-refractivity contribution in [3.05, 3.63) is 88.7 Å². The summed E-state index contributed by atoms with van der Waals surface area (Å²) in [6.07, 6.45) is 2.11. The first-order chi connectivity index (χ1) is 21.0. The number of nitrogens with one attached hydrogen (secondary N) is 2. The van der Waals surface area contributed by atoms with Gasteiger partial charge in [0, 0.05) is 54.9 Å². The van der Waals surface area contributed by atoms with Crippen LogP contribution in [0.2, 0.25) is 5.02 Å². The average Bonchev–Trinajstić information content (AvgIpc) is 2.98. The number of carbonyl (C=O) groups excluding carboxylic acids is 3. The van der Waals surface area contributed by atoms with Crippen LogP contribution in [-0.4, -0.2) is 49.9 Å². The molecule has 0 unspecified atom stereocenters. The Bertz CT molecular complexity index is 1590. The SMILES string of the molecule is CCCCC(=O)N(CCNC(=O)[C@@H](CS)Cc1ccccc1F)Cc1ccc(-c2ccccc2S(=O)(=O)NC(C)=O)c(Cl)c1. The lowest BCUT2D eigenvalue weighted by Crippen LogP contribution is -2.40. The van der Waals surface area contributed by atoms with Gasteiger partial charge >= 0.3 is 0 Å². The van der Waals surface area contributed by atoms with Crippen LogP contribution in [0.25, 0.3) is 11.1 Å². The van der Waals surface area contributed by atoms with Crippen molar-refractivity contribution in [3.8, 4) is 11.1 Å². The number of rotatable bonds is 15. The monoisotopic (exact) mass is 661 g/mol. The molecule has 3 amide bonds. The number of halogens is 2. The van der Waals surface area contributed by atoms with Crippen LogP contribution in [0.5, 0.6) is 0 Å². The van der Waals surface area contributed by atoms with Crippen LogP contribution < -0.4 is 10.0 Å². The van der Waals surface area contributed by atoms with E-state index in [2.05, 4.69) is 17.9 Å². The summed E-state index contributed by atoms with van der Waals surface area (Å²) < 4.78 is 41.6. The molecule has 3 aromatic rings. The summed E-state index contributed by atoms with van der Waals surface area (Å²) in [5, 5.41) is 3.13. The van der Waals surface area contributed by atoms with Gasteiger partial charge in [0.2, 0.25) is 17.7 Å². The molecule has 12 heteroatoms. The largest absolute Gasteiger partial charge is 0.354 e. The molecule has 0 spiro atoms. The van der Waals surface area contributed by atoms with Gasteiger partial charge in [-0.3, -0.25) is 14.4 Å². The first-order valence-electron chi connectivity index (χ1n) is 14.3. The molecule has 3 rings (SSSR count). The zero-order valence-electron chi connectivity index (χ0n) is 24.7. The van der Waals surface area contributed by atoms with Crippen molar-refractivity contribution < 1.29 is 27.2 Å². The lowest BCUT2D eigenvalue weighted by Gasteiger charge is -2.24. The van der Waals surface area contributed by atoms with Gasteiger partial charge in [0.1, 0.15) is 5.82 Å². The van der Waals surface area contributed by atoms with Gasteiger partial charge in [0.05, 0.1) is 10.8 Å². The maximum Gasteiger partial charge on any atom is 0.264 e. The molecule has 0 heterocycles. The second-order valence-electron chi connectivity index (χ2n) is 10.4. The van der Waals surface area contributed by atoms with E-state index in [-0.39, 0.29) is 59.4 Å². The van der Waals surface area contributed by atoms with Gasteiger partial charge in [-0.05, 0) is 42.2 Å². The molecule has 3 aromatic carbocycles. The quantitative estimate of drug-likeness (QED) is 0.189. The Morgan fingerprint density at radius 2 is 1.73 bits per heavy atom. The second-order valence-corrected chi connectivity index (χ2v) is 12.8. The molecular formula is C32H37ClFN3O5S2. The lowest BCUT2D eigenvalue weighted by molar-refractivity contribution is -0.132. The molecular weight excluding hydrogens is 625 g/mol. The molecule has 0 aliphatic carbocycles. The van der Waals surface area contributed by atoms with Crippen molar-refractivity contribution in [2.45, 2.75) is 51.0 Å². The Morgan fingerprint density at radius 3 is 2.39 bits per heavy atom. The van der Waals surface area contributed by atoms with Gasteiger partial charge in [-0.15, -0.1) is 0 Å². The van der Waals surface area contributed by atoms with Crippen LogP contribution in [-0.2, 0) is 37.4 Å². The van der Waals surface area contributed by atoms with E-state index in [0.29, 0.717) is 35.1 Å². The highest BCUT2D eigenvalue weighted by atomic mass is 35.5. The summed E-state index contributed by atoms with van der Waals surface area (Å²) in [4.78, 5) is 39.0. The third-order valence-electron chi connectivity index (χ3n) is 6.94. The van der Waals surface area contributed by atoms with E-state index in [0.717, 1.165) is 13.3 Å². The number of sulfonamides is 1. The van der Waals surface area contributed by atoms with Gasteiger partial charge in [0.25, 0.3) is 10.0 Å². The van der Waals surface area contributed by atoms with Crippen LogP contribution in [0, 0.1) is 11.7 Å². The number of hydrogen-bond donors (Lipinski definition) is 3. The highest BCUT2D eigenvalue weighted by Gasteiger charge is 2.23. The van der Waals surface area contributed by atoms with E-state index in [1.54, 1.807) is 59.5 Å².